The SMILES string of the molecule is CCOCc1ccccc1CNC(=O)CC(C)(C)C(=O)O. The summed E-state index contributed by atoms with van der Waals surface area (Å²) in [6, 6.07) is 7.71. The normalized spacial score (nSPS) is 11.2. The number of carbonyl (C=O) groups is 2. The van der Waals surface area contributed by atoms with E-state index in [0.717, 1.165) is 11.1 Å². The molecule has 0 bridgehead atoms. The maximum atomic E-state index is 11.9. The van der Waals surface area contributed by atoms with Crippen LogP contribution in [0.25, 0.3) is 0 Å². The van der Waals surface area contributed by atoms with Gasteiger partial charge >= 0.3 is 5.97 Å². The molecule has 5 nitrogen and oxygen atoms in total. The fourth-order valence-electron chi connectivity index (χ4n) is 1.82. The minimum Gasteiger partial charge on any atom is -0.481 e. The molecule has 116 valence electrons. The highest BCUT2D eigenvalue weighted by molar-refractivity contribution is 5.84. The predicted octanol–water partition coefficient (Wildman–Crippen LogP) is 2.34. The van der Waals surface area contributed by atoms with Gasteiger partial charge in [-0.2, -0.15) is 0 Å². The van der Waals surface area contributed by atoms with Gasteiger partial charge in [-0.15, -0.1) is 0 Å². The van der Waals surface area contributed by atoms with E-state index in [1.54, 1.807) is 0 Å². The van der Waals surface area contributed by atoms with E-state index >= 15 is 0 Å². The summed E-state index contributed by atoms with van der Waals surface area (Å²) in [5, 5.41) is 11.8. The van der Waals surface area contributed by atoms with Crippen molar-refractivity contribution in [3.63, 3.8) is 0 Å². The number of nitrogens with one attached hydrogen (secondary N) is 1. The van der Waals surface area contributed by atoms with Crippen LogP contribution in [0.2, 0.25) is 0 Å². The van der Waals surface area contributed by atoms with Crippen molar-refractivity contribution in [2.75, 3.05) is 6.61 Å². The Morgan fingerprint density at radius 3 is 2.43 bits per heavy atom. The molecule has 0 atom stereocenters. The fourth-order valence-corrected chi connectivity index (χ4v) is 1.82. The van der Waals surface area contributed by atoms with Crippen molar-refractivity contribution >= 4 is 11.9 Å². The third-order valence-electron chi connectivity index (χ3n) is 3.24. The zero-order valence-corrected chi connectivity index (χ0v) is 12.8. The molecule has 0 aromatic heterocycles. The third-order valence-corrected chi connectivity index (χ3v) is 3.24. The predicted molar refractivity (Wildman–Crippen MR) is 79.7 cm³/mol. The summed E-state index contributed by atoms with van der Waals surface area (Å²) < 4.78 is 5.39. The van der Waals surface area contributed by atoms with Gasteiger partial charge in [0, 0.05) is 19.6 Å². The lowest BCUT2D eigenvalue weighted by atomic mass is 9.89. The zero-order chi connectivity index (χ0) is 15.9. The van der Waals surface area contributed by atoms with Crippen LogP contribution in [0.5, 0.6) is 0 Å². The molecule has 0 saturated carbocycles. The lowest BCUT2D eigenvalue weighted by Crippen LogP contribution is -2.33. The summed E-state index contributed by atoms with van der Waals surface area (Å²) in [6.45, 7) is 6.52. The second-order valence-corrected chi connectivity index (χ2v) is 5.55. The molecule has 0 aliphatic carbocycles. The summed E-state index contributed by atoms with van der Waals surface area (Å²) in [7, 11) is 0. The molecule has 1 amide bonds. The summed E-state index contributed by atoms with van der Waals surface area (Å²) in [5.41, 5.74) is 0.944. The summed E-state index contributed by atoms with van der Waals surface area (Å²) in [6.07, 6.45) is -0.0457. The van der Waals surface area contributed by atoms with Gasteiger partial charge < -0.3 is 15.2 Å². The van der Waals surface area contributed by atoms with Crippen molar-refractivity contribution in [1.29, 1.82) is 0 Å². The van der Waals surface area contributed by atoms with Gasteiger partial charge in [0.05, 0.1) is 12.0 Å². The van der Waals surface area contributed by atoms with Crippen molar-refractivity contribution in [3.8, 4) is 0 Å². The van der Waals surface area contributed by atoms with Crippen molar-refractivity contribution in [2.45, 2.75) is 40.3 Å². The molecule has 2 N–H and O–H groups in total. The summed E-state index contributed by atoms with van der Waals surface area (Å²) >= 11 is 0. The Morgan fingerprint density at radius 2 is 1.86 bits per heavy atom. The lowest BCUT2D eigenvalue weighted by Gasteiger charge is -2.18. The third kappa shape index (κ3) is 5.55. The van der Waals surface area contributed by atoms with Crippen LogP contribution in [-0.4, -0.2) is 23.6 Å². The van der Waals surface area contributed by atoms with Crippen LogP contribution in [0.1, 0.15) is 38.3 Å². The zero-order valence-electron chi connectivity index (χ0n) is 12.8. The monoisotopic (exact) mass is 293 g/mol. The van der Waals surface area contributed by atoms with Crippen LogP contribution < -0.4 is 5.32 Å². The molecule has 0 spiro atoms. The molecule has 1 aromatic rings. The number of carboxylic acids is 1. The van der Waals surface area contributed by atoms with Gasteiger partial charge in [0.25, 0.3) is 0 Å². The molecule has 0 aliphatic rings. The summed E-state index contributed by atoms with van der Waals surface area (Å²) in [4.78, 5) is 22.9. The Bertz CT molecular complexity index is 497. The first-order chi connectivity index (χ1) is 9.86. The molecule has 0 saturated heterocycles. The van der Waals surface area contributed by atoms with E-state index in [0.29, 0.717) is 19.8 Å². The van der Waals surface area contributed by atoms with E-state index in [2.05, 4.69) is 5.32 Å². The standard InChI is InChI=1S/C16H23NO4/c1-4-21-11-13-8-6-5-7-12(13)10-17-14(18)9-16(2,3)15(19)20/h5-8H,4,9-11H2,1-3H3,(H,17,18)(H,19,20). The minimum absolute atomic E-state index is 0.0457. The Labute approximate surface area is 125 Å². The average Bonchev–Trinajstić information content (AvgIpc) is 2.43. The number of hydrogen-bond donors (Lipinski definition) is 2. The van der Waals surface area contributed by atoms with Crippen LogP contribution in [0, 0.1) is 5.41 Å². The number of carbonyl (C=O) groups excluding carboxylic acids is 1. The molecule has 0 aliphatic heterocycles. The number of aliphatic carboxylic acids is 1. The molecule has 5 heteroatoms. The van der Waals surface area contributed by atoms with Gasteiger partial charge in [0.1, 0.15) is 0 Å². The van der Waals surface area contributed by atoms with Crippen molar-refractivity contribution in [3.05, 3.63) is 35.4 Å². The smallest absolute Gasteiger partial charge is 0.309 e. The number of benzene rings is 1. The number of rotatable bonds is 8. The number of carboxylic acid groups (broad SMARTS) is 1. The average molecular weight is 293 g/mol. The van der Waals surface area contributed by atoms with E-state index in [4.69, 9.17) is 9.84 Å². The van der Waals surface area contributed by atoms with Gasteiger partial charge in [-0.05, 0) is 31.9 Å². The highest BCUT2D eigenvalue weighted by Crippen LogP contribution is 2.20. The Morgan fingerprint density at radius 1 is 1.24 bits per heavy atom. The van der Waals surface area contributed by atoms with Crippen LogP contribution in [0.4, 0.5) is 0 Å². The number of hydrogen-bond acceptors (Lipinski definition) is 3. The van der Waals surface area contributed by atoms with Gasteiger partial charge in [-0.1, -0.05) is 24.3 Å². The quantitative estimate of drug-likeness (QED) is 0.771. The Hall–Kier alpha value is -1.88. The van der Waals surface area contributed by atoms with Crippen molar-refractivity contribution in [1.82, 2.24) is 5.32 Å². The molecule has 0 radical (unpaired) electrons. The topological polar surface area (TPSA) is 75.6 Å². The molecule has 0 unspecified atom stereocenters. The number of ether oxygens (including phenoxy) is 1. The largest absolute Gasteiger partial charge is 0.481 e. The first kappa shape index (κ1) is 17.2. The Balaban J connectivity index is 2.59. The fraction of sp³-hybridized carbons (Fsp3) is 0.500. The maximum absolute atomic E-state index is 11.9. The second kappa shape index (κ2) is 7.78. The molecule has 0 heterocycles. The van der Waals surface area contributed by atoms with Crippen LogP contribution >= 0.6 is 0 Å². The van der Waals surface area contributed by atoms with E-state index in [1.165, 1.54) is 13.8 Å². The lowest BCUT2D eigenvalue weighted by molar-refractivity contribution is -0.149. The van der Waals surface area contributed by atoms with Crippen LogP contribution in [0.15, 0.2) is 24.3 Å². The Kier molecular flexibility index (Phi) is 6.37. The minimum atomic E-state index is -1.06. The molecule has 1 aromatic carbocycles. The van der Waals surface area contributed by atoms with E-state index in [-0.39, 0.29) is 12.3 Å². The van der Waals surface area contributed by atoms with Gasteiger partial charge in [0.2, 0.25) is 5.91 Å². The number of amides is 1. The highest BCUT2D eigenvalue weighted by atomic mass is 16.5. The highest BCUT2D eigenvalue weighted by Gasteiger charge is 2.29. The summed E-state index contributed by atoms with van der Waals surface area (Å²) in [5.74, 6) is -1.25. The van der Waals surface area contributed by atoms with Gasteiger partial charge in [-0.25, -0.2) is 0 Å². The van der Waals surface area contributed by atoms with E-state index in [9.17, 15) is 9.59 Å². The van der Waals surface area contributed by atoms with Crippen LogP contribution in [-0.2, 0) is 27.5 Å². The molecule has 21 heavy (non-hydrogen) atoms. The van der Waals surface area contributed by atoms with E-state index in [1.807, 2.05) is 31.2 Å². The van der Waals surface area contributed by atoms with E-state index < -0.39 is 11.4 Å². The first-order valence-electron chi connectivity index (χ1n) is 7.01. The molecule has 0 fully saturated rings. The molecular formula is C16H23NO4. The maximum Gasteiger partial charge on any atom is 0.309 e. The van der Waals surface area contributed by atoms with Crippen LogP contribution in [0.3, 0.4) is 0 Å². The van der Waals surface area contributed by atoms with Crippen molar-refractivity contribution in [2.24, 2.45) is 5.41 Å². The first-order valence-corrected chi connectivity index (χ1v) is 7.01. The van der Waals surface area contributed by atoms with Gasteiger partial charge in [-0.3, -0.25) is 9.59 Å². The molecular weight excluding hydrogens is 270 g/mol. The molecule has 1 rings (SSSR count). The second-order valence-electron chi connectivity index (χ2n) is 5.55. The van der Waals surface area contributed by atoms with Gasteiger partial charge in [0.15, 0.2) is 0 Å². The van der Waals surface area contributed by atoms with Crippen molar-refractivity contribution < 1.29 is 19.4 Å².